The maximum absolute atomic E-state index is 11.9. The number of rotatable bonds is 7. The highest BCUT2D eigenvalue weighted by atomic mass is 16.6. The summed E-state index contributed by atoms with van der Waals surface area (Å²) in [7, 11) is 0. The third-order valence-corrected chi connectivity index (χ3v) is 3.13. The van der Waals surface area contributed by atoms with Gasteiger partial charge in [0, 0.05) is 30.5 Å². The Kier molecular flexibility index (Phi) is 5.65. The van der Waals surface area contributed by atoms with Gasteiger partial charge in [0.15, 0.2) is 0 Å². The molecule has 0 unspecified atom stereocenters. The van der Waals surface area contributed by atoms with Crippen molar-refractivity contribution in [1.29, 1.82) is 0 Å². The number of nitrogens with zero attached hydrogens (tertiary/aromatic N) is 1. The van der Waals surface area contributed by atoms with Gasteiger partial charge in [0.25, 0.3) is 11.6 Å². The minimum Gasteiger partial charge on any atom is -0.396 e. The normalized spacial score (nSPS) is 10.1. The van der Waals surface area contributed by atoms with Gasteiger partial charge in [-0.15, -0.1) is 0 Å². The Morgan fingerprint density at radius 3 is 2.57 bits per heavy atom. The summed E-state index contributed by atoms with van der Waals surface area (Å²) in [5, 5.41) is 25.5. The second kappa shape index (κ2) is 7.90. The van der Waals surface area contributed by atoms with Gasteiger partial charge in [0.2, 0.25) is 0 Å². The lowest BCUT2D eigenvalue weighted by Gasteiger charge is -2.09. The summed E-state index contributed by atoms with van der Waals surface area (Å²) in [4.78, 5) is 22.6. The molecule has 0 radical (unpaired) electrons. The lowest BCUT2D eigenvalue weighted by Crippen LogP contribution is -2.25. The van der Waals surface area contributed by atoms with Crippen LogP contribution in [0.4, 0.5) is 17.1 Å². The van der Waals surface area contributed by atoms with Crippen molar-refractivity contribution in [2.45, 2.75) is 6.42 Å². The molecule has 0 fully saturated rings. The van der Waals surface area contributed by atoms with E-state index in [1.165, 1.54) is 18.2 Å². The van der Waals surface area contributed by atoms with E-state index in [2.05, 4.69) is 10.6 Å². The fraction of sp³-hybridized carbons (Fsp3) is 0.188. The van der Waals surface area contributed by atoms with Gasteiger partial charge >= 0.3 is 0 Å². The molecule has 0 bridgehead atoms. The van der Waals surface area contributed by atoms with E-state index in [1.54, 1.807) is 12.1 Å². The first-order valence-electron chi connectivity index (χ1n) is 7.11. The summed E-state index contributed by atoms with van der Waals surface area (Å²) in [6, 6.07) is 13.3. The maximum Gasteiger partial charge on any atom is 0.293 e. The zero-order valence-electron chi connectivity index (χ0n) is 12.4. The molecule has 120 valence electrons. The predicted octanol–water partition coefficient (Wildman–Crippen LogP) is 2.45. The van der Waals surface area contributed by atoms with Crippen molar-refractivity contribution < 1.29 is 14.8 Å². The van der Waals surface area contributed by atoms with Crippen LogP contribution in [-0.4, -0.2) is 29.1 Å². The number of aliphatic hydroxyl groups is 1. The smallest absolute Gasteiger partial charge is 0.293 e. The monoisotopic (exact) mass is 315 g/mol. The SMILES string of the molecule is O=C(NCCCO)c1ccc(Nc2ccccc2)c([N+](=O)[O-])c1. The molecular weight excluding hydrogens is 298 g/mol. The standard InChI is InChI=1S/C16H17N3O4/c20-10-4-9-17-16(21)12-7-8-14(15(11-12)19(22)23)18-13-5-2-1-3-6-13/h1-3,5-8,11,18,20H,4,9-10H2,(H,17,21). The summed E-state index contributed by atoms with van der Waals surface area (Å²) in [5.74, 6) is -0.409. The molecule has 0 aliphatic heterocycles. The molecule has 0 atom stereocenters. The van der Waals surface area contributed by atoms with Crippen LogP contribution in [0.3, 0.4) is 0 Å². The lowest BCUT2D eigenvalue weighted by atomic mass is 10.1. The largest absolute Gasteiger partial charge is 0.396 e. The second-order valence-corrected chi connectivity index (χ2v) is 4.81. The van der Waals surface area contributed by atoms with Crippen LogP contribution in [-0.2, 0) is 0 Å². The molecule has 3 N–H and O–H groups in total. The van der Waals surface area contributed by atoms with Crippen molar-refractivity contribution in [2.24, 2.45) is 0 Å². The quantitative estimate of drug-likeness (QED) is 0.413. The van der Waals surface area contributed by atoms with Crippen molar-refractivity contribution in [3.05, 3.63) is 64.2 Å². The number of hydrogen-bond acceptors (Lipinski definition) is 5. The Morgan fingerprint density at radius 2 is 1.91 bits per heavy atom. The molecule has 0 aliphatic rings. The Morgan fingerprint density at radius 1 is 1.17 bits per heavy atom. The predicted molar refractivity (Wildman–Crippen MR) is 86.9 cm³/mol. The fourth-order valence-electron chi connectivity index (χ4n) is 1.99. The number of nitrogens with one attached hydrogen (secondary N) is 2. The summed E-state index contributed by atoms with van der Waals surface area (Å²) >= 11 is 0. The van der Waals surface area contributed by atoms with E-state index in [1.807, 2.05) is 18.2 Å². The Hall–Kier alpha value is -2.93. The molecule has 0 heterocycles. The minimum atomic E-state index is -0.532. The number of anilines is 2. The van der Waals surface area contributed by atoms with E-state index in [0.29, 0.717) is 18.7 Å². The van der Waals surface area contributed by atoms with Crippen molar-refractivity contribution in [3.63, 3.8) is 0 Å². The van der Waals surface area contributed by atoms with Crippen LogP contribution >= 0.6 is 0 Å². The number of benzene rings is 2. The topological polar surface area (TPSA) is 104 Å². The molecule has 2 rings (SSSR count). The van der Waals surface area contributed by atoms with Crippen molar-refractivity contribution in [3.8, 4) is 0 Å². The van der Waals surface area contributed by atoms with E-state index in [0.717, 1.165) is 5.69 Å². The number of carbonyl (C=O) groups excluding carboxylic acids is 1. The van der Waals surface area contributed by atoms with E-state index < -0.39 is 10.8 Å². The van der Waals surface area contributed by atoms with Crippen LogP contribution in [0.1, 0.15) is 16.8 Å². The highest BCUT2D eigenvalue weighted by Gasteiger charge is 2.17. The van der Waals surface area contributed by atoms with Crippen LogP contribution in [0.25, 0.3) is 0 Å². The summed E-state index contributed by atoms with van der Waals surface area (Å²) < 4.78 is 0. The first-order valence-corrected chi connectivity index (χ1v) is 7.11. The van der Waals surface area contributed by atoms with Gasteiger partial charge in [-0.05, 0) is 30.7 Å². The number of carbonyl (C=O) groups is 1. The Balaban J connectivity index is 2.21. The van der Waals surface area contributed by atoms with Crippen LogP contribution in [0.15, 0.2) is 48.5 Å². The van der Waals surface area contributed by atoms with Gasteiger partial charge in [-0.2, -0.15) is 0 Å². The van der Waals surface area contributed by atoms with Crippen LogP contribution in [0, 0.1) is 10.1 Å². The van der Waals surface area contributed by atoms with Crippen LogP contribution < -0.4 is 10.6 Å². The van der Waals surface area contributed by atoms with Gasteiger partial charge < -0.3 is 15.7 Å². The second-order valence-electron chi connectivity index (χ2n) is 4.81. The van der Waals surface area contributed by atoms with Crippen LogP contribution in [0.2, 0.25) is 0 Å². The zero-order valence-corrected chi connectivity index (χ0v) is 12.4. The number of nitro groups is 1. The van der Waals surface area contributed by atoms with Gasteiger partial charge in [0.05, 0.1) is 4.92 Å². The minimum absolute atomic E-state index is 0.0274. The molecule has 2 aromatic rings. The molecule has 7 nitrogen and oxygen atoms in total. The number of aliphatic hydroxyl groups excluding tert-OH is 1. The number of hydrogen-bond donors (Lipinski definition) is 3. The molecule has 0 aliphatic carbocycles. The summed E-state index contributed by atoms with van der Waals surface area (Å²) in [5.41, 5.74) is 1.06. The molecule has 7 heteroatoms. The average Bonchev–Trinajstić information content (AvgIpc) is 2.56. The summed E-state index contributed by atoms with van der Waals surface area (Å²) in [6.45, 7) is 0.285. The Bertz CT molecular complexity index is 689. The molecular formula is C16H17N3O4. The first-order chi connectivity index (χ1) is 11.1. The van der Waals surface area contributed by atoms with Crippen LogP contribution in [0.5, 0.6) is 0 Å². The average molecular weight is 315 g/mol. The molecule has 23 heavy (non-hydrogen) atoms. The number of para-hydroxylation sites is 1. The van der Waals surface area contributed by atoms with Gasteiger partial charge in [0.1, 0.15) is 5.69 Å². The summed E-state index contributed by atoms with van der Waals surface area (Å²) in [6.07, 6.45) is 0.432. The number of nitro benzene ring substituents is 1. The molecule has 0 spiro atoms. The molecule has 0 aromatic heterocycles. The third kappa shape index (κ3) is 4.52. The van der Waals surface area contributed by atoms with Gasteiger partial charge in [-0.3, -0.25) is 14.9 Å². The van der Waals surface area contributed by atoms with Crippen molar-refractivity contribution >= 4 is 23.0 Å². The van der Waals surface area contributed by atoms with E-state index in [-0.39, 0.29) is 17.9 Å². The highest BCUT2D eigenvalue weighted by molar-refractivity contribution is 5.95. The van der Waals surface area contributed by atoms with Crippen molar-refractivity contribution in [2.75, 3.05) is 18.5 Å². The zero-order chi connectivity index (χ0) is 16.7. The molecule has 2 aromatic carbocycles. The third-order valence-electron chi connectivity index (χ3n) is 3.13. The highest BCUT2D eigenvalue weighted by Crippen LogP contribution is 2.28. The lowest BCUT2D eigenvalue weighted by molar-refractivity contribution is -0.383. The van der Waals surface area contributed by atoms with E-state index in [4.69, 9.17) is 5.11 Å². The molecule has 0 saturated heterocycles. The van der Waals surface area contributed by atoms with Gasteiger partial charge in [-0.1, -0.05) is 18.2 Å². The first kappa shape index (κ1) is 16.4. The van der Waals surface area contributed by atoms with E-state index in [9.17, 15) is 14.9 Å². The molecule has 0 saturated carbocycles. The van der Waals surface area contributed by atoms with Crippen molar-refractivity contribution in [1.82, 2.24) is 5.32 Å². The molecule has 1 amide bonds. The van der Waals surface area contributed by atoms with Gasteiger partial charge in [-0.25, -0.2) is 0 Å². The fourth-order valence-corrected chi connectivity index (χ4v) is 1.99. The van der Waals surface area contributed by atoms with E-state index >= 15 is 0 Å². The number of amides is 1. The Labute approximate surface area is 133 Å². The maximum atomic E-state index is 11.9.